The molecule has 0 aliphatic rings. The van der Waals surface area contributed by atoms with E-state index >= 15 is 0 Å². The molecule has 0 aliphatic heterocycles. The predicted octanol–water partition coefficient (Wildman–Crippen LogP) is 3.60. The Hall–Kier alpha value is -2.63. The molecule has 2 aromatic rings. The minimum absolute atomic E-state index is 0.00295. The first kappa shape index (κ1) is 16.7. The molecule has 1 aromatic heterocycles. The van der Waals surface area contributed by atoms with Gasteiger partial charge in [0.1, 0.15) is 5.75 Å². The first-order valence-electron chi connectivity index (χ1n) is 7.72. The highest BCUT2D eigenvalue weighted by molar-refractivity contribution is 5.91. The quantitative estimate of drug-likeness (QED) is 0.816. The summed E-state index contributed by atoms with van der Waals surface area (Å²) in [5.41, 5.74) is 0.804. The first-order chi connectivity index (χ1) is 11.2. The van der Waals surface area contributed by atoms with E-state index in [-0.39, 0.29) is 11.8 Å². The Morgan fingerprint density at radius 3 is 2.35 bits per heavy atom. The van der Waals surface area contributed by atoms with Gasteiger partial charge in [-0.1, -0.05) is 26.0 Å². The number of carbonyl (C=O) groups is 1. The standard InChI is InChI=1S/C17H22N4O2/c1-4-12(5-2)17(22)19-16-11-10-15(20-21-16)18-13-8-6-7-9-14(13)23-3/h6-12H,4-5H2,1-3H3,(H,18,20)(H,19,21,22). The molecule has 0 spiro atoms. The number of ether oxygens (including phenoxy) is 1. The molecule has 0 unspecified atom stereocenters. The number of amides is 1. The molecule has 2 rings (SSSR count). The molecule has 0 radical (unpaired) electrons. The van der Waals surface area contributed by atoms with E-state index in [1.54, 1.807) is 19.2 Å². The van der Waals surface area contributed by atoms with Crippen LogP contribution in [0.15, 0.2) is 36.4 Å². The summed E-state index contributed by atoms with van der Waals surface area (Å²) >= 11 is 0. The van der Waals surface area contributed by atoms with Crippen LogP contribution in [0.3, 0.4) is 0 Å². The third-order valence-corrected chi connectivity index (χ3v) is 3.64. The van der Waals surface area contributed by atoms with E-state index in [0.29, 0.717) is 11.6 Å². The lowest BCUT2D eigenvalue weighted by Gasteiger charge is -2.12. The Balaban J connectivity index is 2.03. The van der Waals surface area contributed by atoms with E-state index < -0.39 is 0 Å². The van der Waals surface area contributed by atoms with Gasteiger partial charge in [0.05, 0.1) is 12.8 Å². The zero-order valence-electron chi connectivity index (χ0n) is 13.7. The van der Waals surface area contributed by atoms with Gasteiger partial charge in [0.15, 0.2) is 11.6 Å². The summed E-state index contributed by atoms with van der Waals surface area (Å²) in [5.74, 6) is 1.74. The number of carbonyl (C=O) groups excluding carboxylic acids is 1. The molecule has 0 bridgehead atoms. The van der Waals surface area contributed by atoms with Crippen LogP contribution in [0.4, 0.5) is 17.3 Å². The molecule has 1 aromatic carbocycles. The van der Waals surface area contributed by atoms with Crippen LogP contribution in [0.5, 0.6) is 5.75 Å². The number of para-hydroxylation sites is 2. The lowest BCUT2D eigenvalue weighted by molar-refractivity contribution is -0.120. The number of benzene rings is 1. The minimum Gasteiger partial charge on any atom is -0.495 e. The monoisotopic (exact) mass is 314 g/mol. The lowest BCUT2D eigenvalue weighted by Crippen LogP contribution is -2.22. The van der Waals surface area contributed by atoms with Crippen LogP contribution in [0, 0.1) is 5.92 Å². The van der Waals surface area contributed by atoms with Crippen LogP contribution in [-0.2, 0) is 4.79 Å². The van der Waals surface area contributed by atoms with Crippen LogP contribution in [-0.4, -0.2) is 23.2 Å². The van der Waals surface area contributed by atoms with E-state index in [0.717, 1.165) is 24.3 Å². The number of aromatic nitrogens is 2. The number of anilines is 3. The zero-order chi connectivity index (χ0) is 16.7. The van der Waals surface area contributed by atoms with Gasteiger partial charge in [0, 0.05) is 5.92 Å². The Morgan fingerprint density at radius 1 is 1.09 bits per heavy atom. The predicted molar refractivity (Wildman–Crippen MR) is 91.0 cm³/mol. The van der Waals surface area contributed by atoms with Crippen molar-refractivity contribution in [2.75, 3.05) is 17.7 Å². The van der Waals surface area contributed by atoms with Gasteiger partial charge in [-0.25, -0.2) is 0 Å². The van der Waals surface area contributed by atoms with Gasteiger partial charge in [-0.3, -0.25) is 4.79 Å². The zero-order valence-corrected chi connectivity index (χ0v) is 13.7. The van der Waals surface area contributed by atoms with E-state index in [4.69, 9.17) is 4.74 Å². The SMILES string of the molecule is CCC(CC)C(=O)Nc1ccc(Nc2ccccc2OC)nn1. The van der Waals surface area contributed by atoms with Crippen molar-refractivity contribution in [2.24, 2.45) is 5.92 Å². The average molecular weight is 314 g/mol. The van der Waals surface area contributed by atoms with Gasteiger partial charge in [0.25, 0.3) is 0 Å². The summed E-state index contributed by atoms with van der Waals surface area (Å²) in [6.07, 6.45) is 1.62. The smallest absolute Gasteiger partial charge is 0.228 e. The fourth-order valence-corrected chi connectivity index (χ4v) is 2.24. The van der Waals surface area contributed by atoms with Gasteiger partial charge in [-0.15, -0.1) is 10.2 Å². The van der Waals surface area contributed by atoms with Crippen LogP contribution in [0.25, 0.3) is 0 Å². The van der Waals surface area contributed by atoms with Crippen molar-refractivity contribution in [3.8, 4) is 5.75 Å². The van der Waals surface area contributed by atoms with Crippen LogP contribution < -0.4 is 15.4 Å². The highest BCUT2D eigenvalue weighted by Gasteiger charge is 2.14. The van der Waals surface area contributed by atoms with E-state index in [9.17, 15) is 4.79 Å². The second kappa shape index (κ2) is 8.12. The molecular formula is C17H22N4O2. The third kappa shape index (κ3) is 4.42. The lowest BCUT2D eigenvalue weighted by atomic mass is 10.0. The minimum atomic E-state index is -0.0188. The maximum atomic E-state index is 12.0. The summed E-state index contributed by atoms with van der Waals surface area (Å²) in [6, 6.07) is 11.0. The second-order valence-corrected chi connectivity index (χ2v) is 5.13. The summed E-state index contributed by atoms with van der Waals surface area (Å²) in [7, 11) is 1.61. The summed E-state index contributed by atoms with van der Waals surface area (Å²) < 4.78 is 5.28. The highest BCUT2D eigenvalue weighted by Crippen LogP contribution is 2.26. The van der Waals surface area contributed by atoms with Crippen molar-refractivity contribution in [3.05, 3.63) is 36.4 Å². The fourth-order valence-electron chi connectivity index (χ4n) is 2.24. The number of nitrogens with zero attached hydrogens (tertiary/aromatic N) is 2. The van der Waals surface area contributed by atoms with Crippen molar-refractivity contribution in [2.45, 2.75) is 26.7 Å². The molecule has 0 atom stereocenters. The molecule has 122 valence electrons. The molecule has 0 saturated carbocycles. The molecule has 0 saturated heterocycles. The van der Waals surface area contributed by atoms with Crippen molar-refractivity contribution in [1.82, 2.24) is 10.2 Å². The summed E-state index contributed by atoms with van der Waals surface area (Å²) in [5, 5.41) is 14.0. The van der Waals surface area contributed by atoms with Crippen molar-refractivity contribution < 1.29 is 9.53 Å². The van der Waals surface area contributed by atoms with E-state index in [2.05, 4.69) is 20.8 Å². The maximum Gasteiger partial charge on any atom is 0.228 e. The Kier molecular flexibility index (Phi) is 5.91. The van der Waals surface area contributed by atoms with Gasteiger partial charge < -0.3 is 15.4 Å². The number of nitrogens with one attached hydrogen (secondary N) is 2. The van der Waals surface area contributed by atoms with Crippen LogP contribution >= 0.6 is 0 Å². The summed E-state index contributed by atoms with van der Waals surface area (Å²) in [4.78, 5) is 12.0. The van der Waals surface area contributed by atoms with Gasteiger partial charge in [0.2, 0.25) is 5.91 Å². The molecule has 0 fully saturated rings. The third-order valence-electron chi connectivity index (χ3n) is 3.64. The number of hydrogen-bond acceptors (Lipinski definition) is 5. The number of methoxy groups -OCH3 is 1. The second-order valence-electron chi connectivity index (χ2n) is 5.13. The number of rotatable bonds is 7. The average Bonchev–Trinajstić information content (AvgIpc) is 2.58. The van der Waals surface area contributed by atoms with Gasteiger partial charge >= 0.3 is 0 Å². The Labute approximate surface area is 136 Å². The molecule has 0 aliphatic carbocycles. The first-order valence-corrected chi connectivity index (χ1v) is 7.72. The Bertz CT molecular complexity index is 639. The van der Waals surface area contributed by atoms with Crippen molar-refractivity contribution >= 4 is 23.2 Å². The highest BCUT2D eigenvalue weighted by atomic mass is 16.5. The van der Waals surface area contributed by atoms with Gasteiger partial charge in [-0.2, -0.15) is 0 Å². The summed E-state index contributed by atoms with van der Waals surface area (Å²) in [6.45, 7) is 4.00. The molecule has 23 heavy (non-hydrogen) atoms. The molecule has 1 heterocycles. The molecular weight excluding hydrogens is 292 g/mol. The Morgan fingerprint density at radius 2 is 1.74 bits per heavy atom. The van der Waals surface area contributed by atoms with Gasteiger partial charge in [-0.05, 0) is 37.1 Å². The largest absolute Gasteiger partial charge is 0.495 e. The normalized spacial score (nSPS) is 10.4. The molecule has 2 N–H and O–H groups in total. The molecule has 1 amide bonds. The van der Waals surface area contributed by atoms with Crippen LogP contribution in [0.2, 0.25) is 0 Å². The topological polar surface area (TPSA) is 76.1 Å². The van der Waals surface area contributed by atoms with E-state index in [1.807, 2.05) is 38.1 Å². The van der Waals surface area contributed by atoms with Crippen molar-refractivity contribution in [1.29, 1.82) is 0 Å². The van der Waals surface area contributed by atoms with Crippen molar-refractivity contribution in [3.63, 3.8) is 0 Å². The van der Waals surface area contributed by atoms with Crippen LogP contribution in [0.1, 0.15) is 26.7 Å². The maximum absolute atomic E-state index is 12.0. The van der Waals surface area contributed by atoms with E-state index in [1.165, 1.54) is 0 Å². The number of hydrogen-bond donors (Lipinski definition) is 2. The molecule has 6 nitrogen and oxygen atoms in total. The fraction of sp³-hybridized carbons (Fsp3) is 0.353. The molecule has 6 heteroatoms.